The van der Waals surface area contributed by atoms with Crippen LogP contribution in [0.5, 0.6) is 0 Å². The molecule has 1 atom stereocenters. The minimum atomic E-state index is -1.04. The second kappa shape index (κ2) is 5.46. The maximum atomic E-state index is 12.9. The Bertz CT molecular complexity index is 412. The number of carboxylic acid groups (broad SMARTS) is 1. The number of hydrogen-bond acceptors (Lipinski definition) is 4. The Morgan fingerprint density at radius 1 is 1.65 bits per heavy atom. The lowest BCUT2D eigenvalue weighted by Crippen LogP contribution is -2.46. The van der Waals surface area contributed by atoms with Gasteiger partial charge >= 0.3 is 5.97 Å². The van der Waals surface area contributed by atoms with Gasteiger partial charge in [-0.2, -0.15) is 0 Å². The van der Waals surface area contributed by atoms with Gasteiger partial charge in [0.25, 0.3) is 0 Å². The molecule has 0 bridgehead atoms. The van der Waals surface area contributed by atoms with Crippen LogP contribution in [-0.2, 0) is 10.5 Å². The maximum absolute atomic E-state index is 12.9. The van der Waals surface area contributed by atoms with Gasteiger partial charge in [-0.25, -0.2) is 4.39 Å². The van der Waals surface area contributed by atoms with Crippen molar-refractivity contribution in [3.05, 3.63) is 29.8 Å². The molecule has 0 saturated carbocycles. The minimum absolute atomic E-state index is 0.400. The minimum Gasteiger partial charge on any atom is -0.480 e. The molecule has 6 heteroatoms. The molecule has 4 nitrogen and oxygen atoms in total. The summed E-state index contributed by atoms with van der Waals surface area (Å²) in [5, 5.41) is 8.85. The molecule has 0 spiro atoms. The summed E-state index contributed by atoms with van der Waals surface area (Å²) in [7, 11) is 0. The molecule has 1 aromatic heterocycles. The highest BCUT2D eigenvalue weighted by Crippen LogP contribution is 2.30. The van der Waals surface area contributed by atoms with E-state index >= 15 is 0 Å². The Kier molecular flexibility index (Phi) is 4.47. The van der Waals surface area contributed by atoms with E-state index in [9.17, 15) is 9.18 Å². The van der Waals surface area contributed by atoms with Crippen LogP contribution in [0.3, 0.4) is 0 Å². The average Bonchev–Trinajstić information content (AvgIpc) is 2.25. The molecule has 0 aromatic carbocycles. The molecule has 1 rings (SSSR count). The largest absolute Gasteiger partial charge is 0.480 e. The van der Waals surface area contributed by atoms with Gasteiger partial charge in [-0.05, 0) is 25.5 Å². The average molecular weight is 258 g/mol. The predicted octanol–water partition coefficient (Wildman–Crippen LogP) is 1.64. The van der Waals surface area contributed by atoms with E-state index in [0.717, 1.165) is 6.20 Å². The maximum Gasteiger partial charge on any atom is 0.321 e. The van der Waals surface area contributed by atoms with E-state index in [1.807, 2.05) is 0 Å². The van der Waals surface area contributed by atoms with E-state index in [-0.39, 0.29) is 0 Å². The number of thioether (sulfide) groups is 1. The molecule has 94 valence electrons. The summed E-state index contributed by atoms with van der Waals surface area (Å²) in [5.74, 6) is -0.970. The van der Waals surface area contributed by atoms with Crippen LogP contribution in [0.15, 0.2) is 18.5 Å². The smallest absolute Gasteiger partial charge is 0.321 e. The number of aromatic nitrogens is 1. The van der Waals surface area contributed by atoms with Crippen LogP contribution in [0.2, 0.25) is 0 Å². The number of carboxylic acids is 1. The van der Waals surface area contributed by atoms with Gasteiger partial charge in [0.2, 0.25) is 0 Å². The second-order valence-corrected chi connectivity index (χ2v) is 5.85. The fourth-order valence-corrected chi connectivity index (χ4v) is 2.17. The topological polar surface area (TPSA) is 76.2 Å². The molecule has 1 aromatic rings. The molecule has 0 amide bonds. The van der Waals surface area contributed by atoms with E-state index in [1.165, 1.54) is 17.8 Å². The van der Waals surface area contributed by atoms with E-state index in [0.29, 0.717) is 11.3 Å². The Balaban J connectivity index is 2.64. The van der Waals surface area contributed by atoms with Gasteiger partial charge in [0.15, 0.2) is 0 Å². The molecule has 0 unspecified atom stereocenters. The second-order valence-electron chi connectivity index (χ2n) is 4.22. The molecule has 3 N–H and O–H groups in total. The van der Waals surface area contributed by atoms with Crippen molar-refractivity contribution in [2.45, 2.75) is 30.4 Å². The summed E-state index contributed by atoms with van der Waals surface area (Å²) in [6, 6.07) is 0.413. The first-order chi connectivity index (χ1) is 7.83. The molecule has 0 saturated heterocycles. The van der Waals surface area contributed by atoms with Crippen LogP contribution < -0.4 is 5.73 Å². The zero-order chi connectivity index (χ0) is 13.1. The molecule has 0 aliphatic rings. The zero-order valence-electron chi connectivity index (χ0n) is 9.68. The number of pyridine rings is 1. The first-order valence-electron chi connectivity index (χ1n) is 5.04. The zero-order valence-corrected chi connectivity index (χ0v) is 10.5. The highest BCUT2D eigenvalue weighted by molar-refractivity contribution is 7.99. The van der Waals surface area contributed by atoms with Gasteiger partial charge in [-0.3, -0.25) is 9.78 Å². The predicted molar refractivity (Wildman–Crippen MR) is 65.2 cm³/mol. The number of nitrogens with zero attached hydrogens (tertiary/aromatic N) is 1. The SMILES string of the molecule is CC(C)(SCc1cncc(F)c1)[C@@H](N)C(=O)O. The quantitative estimate of drug-likeness (QED) is 0.839. The molecule has 0 radical (unpaired) electrons. The van der Waals surface area contributed by atoms with Gasteiger partial charge < -0.3 is 10.8 Å². The lowest BCUT2D eigenvalue weighted by molar-refractivity contribution is -0.139. The Hall–Kier alpha value is -1.14. The van der Waals surface area contributed by atoms with Crippen molar-refractivity contribution in [3.8, 4) is 0 Å². The summed E-state index contributed by atoms with van der Waals surface area (Å²) in [6.07, 6.45) is 2.68. The summed E-state index contributed by atoms with van der Waals surface area (Å²) >= 11 is 1.36. The third-order valence-electron chi connectivity index (χ3n) is 2.39. The van der Waals surface area contributed by atoms with Crippen molar-refractivity contribution in [2.75, 3.05) is 0 Å². The third-order valence-corrected chi connectivity index (χ3v) is 3.86. The van der Waals surface area contributed by atoms with Crippen LogP contribution in [0.4, 0.5) is 4.39 Å². The van der Waals surface area contributed by atoms with Crippen molar-refractivity contribution in [1.82, 2.24) is 4.98 Å². The number of carbonyl (C=O) groups is 1. The van der Waals surface area contributed by atoms with Crippen molar-refractivity contribution in [3.63, 3.8) is 0 Å². The Morgan fingerprint density at radius 3 is 2.82 bits per heavy atom. The van der Waals surface area contributed by atoms with E-state index in [1.54, 1.807) is 20.0 Å². The summed E-state index contributed by atoms with van der Waals surface area (Å²) in [5.41, 5.74) is 6.29. The number of nitrogens with two attached hydrogens (primary N) is 1. The van der Waals surface area contributed by atoms with Gasteiger partial charge in [0.05, 0.1) is 6.20 Å². The number of aliphatic carboxylic acids is 1. The van der Waals surface area contributed by atoms with Gasteiger partial charge in [-0.1, -0.05) is 0 Å². The third kappa shape index (κ3) is 3.98. The Labute approximate surface area is 103 Å². The van der Waals surface area contributed by atoms with Crippen molar-refractivity contribution < 1.29 is 14.3 Å². The van der Waals surface area contributed by atoms with Crippen molar-refractivity contribution in [2.24, 2.45) is 5.73 Å². The normalized spacial score (nSPS) is 13.4. The molecular weight excluding hydrogens is 243 g/mol. The van der Waals surface area contributed by atoms with Crippen molar-refractivity contribution >= 4 is 17.7 Å². The highest BCUT2D eigenvalue weighted by Gasteiger charge is 2.32. The molecule has 0 aliphatic carbocycles. The first-order valence-corrected chi connectivity index (χ1v) is 6.03. The van der Waals surface area contributed by atoms with Crippen LogP contribution in [0.1, 0.15) is 19.4 Å². The van der Waals surface area contributed by atoms with E-state index in [4.69, 9.17) is 10.8 Å². The van der Waals surface area contributed by atoms with Crippen molar-refractivity contribution in [1.29, 1.82) is 0 Å². The molecular formula is C11H15FN2O2S. The molecule has 0 fully saturated rings. The first kappa shape index (κ1) is 13.9. The fraction of sp³-hybridized carbons (Fsp3) is 0.455. The summed E-state index contributed by atoms with van der Waals surface area (Å²) in [6.45, 7) is 3.51. The lowest BCUT2D eigenvalue weighted by atomic mass is 10.1. The molecule has 0 aliphatic heterocycles. The summed E-state index contributed by atoms with van der Waals surface area (Å²) in [4.78, 5) is 14.5. The van der Waals surface area contributed by atoms with E-state index in [2.05, 4.69) is 4.98 Å². The number of hydrogen-bond donors (Lipinski definition) is 2. The van der Waals surface area contributed by atoms with Gasteiger partial charge in [0, 0.05) is 16.7 Å². The van der Waals surface area contributed by atoms with Gasteiger partial charge in [-0.15, -0.1) is 11.8 Å². The van der Waals surface area contributed by atoms with E-state index < -0.39 is 22.6 Å². The van der Waals surface area contributed by atoms with Crippen LogP contribution in [0, 0.1) is 5.82 Å². The van der Waals surface area contributed by atoms with Crippen LogP contribution in [-0.4, -0.2) is 26.8 Å². The number of rotatable bonds is 5. The van der Waals surface area contributed by atoms with Crippen LogP contribution in [0.25, 0.3) is 0 Å². The molecule has 17 heavy (non-hydrogen) atoms. The monoisotopic (exact) mass is 258 g/mol. The summed E-state index contributed by atoms with van der Waals surface area (Å²) < 4.78 is 12.3. The standard InChI is InChI=1S/C11H15FN2O2S/c1-11(2,9(13)10(15)16)17-6-7-3-8(12)5-14-4-7/h3-5,9H,6,13H2,1-2H3,(H,15,16)/t9-/m0/s1. The Morgan fingerprint density at radius 2 is 2.29 bits per heavy atom. The fourth-order valence-electron chi connectivity index (χ4n) is 1.19. The highest BCUT2D eigenvalue weighted by atomic mass is 32.2. The lowest BCUT2D eigenvalue weighted by Gasteiger charge is -2.27. The van der Waals surface area contributed by atoms with Gasteiger partial charge in [0.1, 0.15) is 11.9 Å². The molecule has 1 heterocycles. The number of halogens is 1. The van der Waals surface area contributed by atoms with Crippen LogP contribution >= 0.6 is 11.8 Å².